The molecular formula is C18H24N6O2. The average Bonchev–Trinajstić information content (AvgIpc) is 2.67. The SMILES string of the molecule is CN1CCN(CCCNC(=O)c2cc(-c3ccncc3)n[nH]c2=O)CC1. The molecule has 1 saturated heterocycles. The van der Waals surface area contributed by atoms with Gasteiger partial charge in [0, 0.05) is 50.7 Å². The van der Waals surface area contributed by atoms with Crippen LogP contribution >= 0.6 is 0 Å². The minimum atomic E-state index is -0.487. The zero-order valence-corrected chi connectivity index (χ0v) is 14.9. The van der Waals surface area contributed by atoms with E-state index in [0.717, 1.165) is 44.7 Å². The largest absolute Gasteiger partial charge is 0.352 e. The summed E-state index contributed by atoms with van der Waals surface area (Å²) in [7, 11) is 2.13. The van der Waals surface area contributed by atoms with E-state index in [-0.39, 0.29) is 11.5 Å². The molecule has 0 saturated carbocycles. The molecule has 0 aromatic carbocycles. The molecule has 1 aliphatic rings. The highest BCUT2D eigenvalue weighted by molar-refractivity contribution is 5.94. The Balaban J connectivity index is 1.54. The van der Waals surface area contributed by atoms with Gasteiger partial charge in [0.2, 0.25) is 0 Å². The molecule has 26 heavy (non-hydrogen) atoms. The van der Waals surface area contributed by atoms with E-state index in [1.165, 1.54) is 6.07 Å². The number of aromatic nitrogens is 3. The number of pyridine rings is 1. The molecule has 1 amide bonds. The molecule has 0 atom stereocenters. The van der Waals surface area contributed by atoms with Crippen LogP contribution in [0.5, 0.6) is 0 Å². The standard InChI is InChI=1S/C18H24N6O2/c1-23-9-11-24(12-10-23)8-2-5-20-17(25)15-13-16(21-22-18(15)26)14-3-6-19-7-4-14/h3-4,6-7,13H,2,5,8-12H2,1H3,(H,20,25)(H,22,26). The van der Waals surface area contributed by atoms with Gasteiger partial charge in [-0.25, -0.2) is 5.10 Å². The second-order valence-corrected chi connectivity index (χ2v) is 6.49. The summed E-state index contributed by atoms with van der Waals surface area (Å²) in [5.74, 6) is -0.373. The number of nitrogens with zero attached hydrogens (tertiary/aromatic N) is 4. The number of amides is 1. The fraction of sp³-hybridized carbons (Fsp3) is 0.444. The fourth-order valence-corrected chi connectivity index (χ4v) is 2.92. The Labute approximate surface area is 152 Å². The number of piperazine rings is 1. The molecule has 3 rings (SSSR count). The monoisotopic (exact) mass is 356 g/mol. The predicted molar refractivity (Wildman–Crippen MR) is 99.0 cm³/mol. The summed E-state index contributed by atoms with van der Waals surface area (Å²) in [5, 5.41) is 9.22. The number of H-pyrrole nitrogens is 1. The van der Waals surface area contributed by atoms with Gasteiger partial charge in [-0.1, -0.05) is 0 Å². The van der Waals surface area contributed by atoms with Gasteiger partial charge in [0.25, 0.3) is 11.5 Å². The Morgan fingerprint density at radius 2 is 1.96 bits per heavy atom. The maximum absolute atomic E-state index is 12.4. The van der Waals surface area contributed by atoms with Crippen molar-refractivity contribution in [3.63, 3.8) is 0 Å². The maximum Gasteiger partial charge on any atom is 0.277 e. The molecule has 138 valence electrons. The number of hydrogen-bond donors (Lipinski definition) is 2. The first-order valence-corrected chi connectivity index (χ1v) is 8.83. The highest BCUT2D eigenvalue weighted by Crippen LogP contribution is 2.14. The van der Waals surface area contributed by atoms with Crippen LogP contribution < -0.4 is 10.9 Å². The lowest BCUT2D eigenvalue weighted by atomic mass is 10.1. The van der Waals surface area contributed by atoms with Gasteiger partial charge in [-0.15, -0.1) is 0 Å². The number of carbonyl (C=O) groups excluding carboxylic acids is 1. The summed E-state index contributed by atoms with van der Waals surface area (Å²) in [6.45, 7) is 5.77. The summed E-state index contributed by atoms with van der Waals surface area (Å²) in [6.07, 6.45) is 4.14. The summed E-state index contributed by atoms with van der Waals surface area (Å²) in [4.78, 5) is 33.0. The molecule has 3 heterocycles. The van der Waals surface area contributed by atoms with Gasteiger partial charge in [-0.3, -0.25) is 14.6 Å². The molecule has 1 aliphatic heterocycles. The molecule has 0 radical (unpaired) electrons. The van der Waals surface area contributed by atoms with Crippen molar-refractivity contribution in [2.75, 3.05) is 46.3 Å². The van der Waals surface area contributed by atoms with Crippen LogP contribution in [0.15, 0.2) is 35.4 Å². The lowest BCUT2D eigenvalue weighted by molar-refractivity contribution is 0.0947. The van der Waals surface area contributed by atoms with Crippen molar-refractivity contribution < 1.29 is 4.79 Å². The Morgan fingerprint density at radius 1 is 1.23 bits per heavy atom. The zero-order valence-electron chi connectivity index (χ0n) is 14.9. The van der Waals surface area contributed by atoms with Crippen LogP contribution in [0, 0.1) is 0 Å². The number of hydrogen-bond acceptors (Lipinski definition) is 6. The maximum atomic E-state index is 12.4. The second kappa shape index (κ2) is 8.68. The Bertz CT molecular complexity index is 784. The van der Waals surface area contributed by atoms with Gasteiger partial charge in [-0.05, 0) is 38.2 Å². The molecule has 1 fully saturated rings. The first-order valence-electron chi connectivity index (χ1n) is 8.83. The first-order chi connectivity index (χ1) is 12.6. The molecule has 8 heteroatoms. The van der Waals surface area contributed by atoms with E-state index >= 15 is 0 Å². The van der Waals surface area contributed by atoms with Crippen LogP contribution in [-0.4, -0.2) is 77.2 Å². The number of aromatic amines is 1. The number of likely N-dealkylation sites (N-methyl/N-ethyl adjacent to an activating group) is 1. The van der Waals surface area contributed by atoms with Crippen molar-refractivity contribution in [2.24, 2.45) is 0 Å². The van der Waals surface area contributed by atoms with E-state index in [2.05, 4.69) is 37.3 Å². The van der Waals surface area contributed by atoms with Crippen LogP contribution in [0.2, 0.25) is 0 Å². The van der Waals surface area contributed by atoms with Gasteiger partial charge in [-0.2, -0.15) is 5.10 Å². The summed E-state index contributed by atoms with van der Waals surface area (Å²) in [6, 6.07) is 5.07. The average molecular weight is 356 g/mol. The summed E-state index contributed by atoms with van der Waals surface area (Å²) < 4.78 is 0. The van der Waals surface area contributed by atoms with Crippen molar-refractivity contribution in [2.45, 2.75) is 6.42 Å². The van der Waals surface area contributed by atoms with Crippen molar-refractivity contribution in [1.29, 1.82) is 0 Å². The third-order valence-electron chi connectivity index (χ3n) is 4.56. The molecular weight excluding hydrogens is 332 g/mol. The van der Waals surface area contributed by atoms with Crippen molar-refractivity contribution in [3.8, 4) is 11.3 Å². The molecule has 2 aromatic rings. The zero-order chi connectivity index (χ0) is 18.4. The highest BCUT2D eigenvalue weighted by Gasteiger charge is 2.15. The Hall–Kier alpha value is -2.58. The molecule has 0 bridgehead atoms. The van der Waals surface area contributed by atoms with Gasteiger partial charge in [0.1, 0.15) is 5.56 Å². The van der Waals surface area contributed by atoms with E-state index < -0.39 is 5.56 Å². The molecule has 8 nitrogen and oxygen atoms in total. The van der Waals surface area contributed by atoms with E-state index in [4.69, 9.17) is 0 Å². The normalized spacial score (nSPS) is 15.7. The number of nitrogens with one attached hydrogen (secondary N) is 2. The van der Waals surface area contributed by atoms with Crippen LogP contribution in [0.4, 0.5) is 0 Å². The van der Waals surface area contributed by atoms with E-state index in [0.29, 0.717) is 12.2 Å². The lowest BCUT2D eigenvalue weighted by Gasteiger charge is -2.32. The Kier molecular flexibility index (Phi) is 6.08. The van der Waals surface area contributed by atoms with E-state index in [1.807, 2.05) is 0 Å². The minimum Gasteiger partial charge on any atom is -0.352 e. The van der Waals surface area contributed by atoms with Gasteiger partial charge >= 0.3 is 0 Å². The van der Waals surface area contributed by atoms with Crippen molar-refractivity contribution >= 4 is 5.91 Å². The second-order valence-electron chi connectivity index (χ2n) is 6.49. The van der Waals surface area contributed by atoms with Gasteiger partial charge in [0.05, 0.1) is 5.69 Å². The topological polar surface area (TPSA) is 94.2 Å². The van der Waals surface area contributed by atoms with E-state index in [1.54, 1.807) is 24.5 Å². The molecule has 0 spiro atoms. The van der Waals surface area contributed by atoms with Crippen molar-refractivity contribution in [1.82, 2.24) is 30.3 Å². The third-order valence-corrected chi connectivity index (χ3v) is 4.56. The van der Waals surface area contributed by atoms with E-state index in [9.17, 15) is 9.59 Å². The van der Waals surface area contributed by atoms with Gasteiger partial charge < -0.3 is 15.1 Å². The molecule has 0 unspecified atom stereocenters. The first kappa shape index (κ1) is 18.2. The molecule has 2 aromatic heterocycles. The quantitative estimate of drug-likeness (QED) is 0.718. The number of carbonyl (C=O) groups is 1. The highest BCUT2D eigenvalue weighted by atomic mass is 16.2. The Morgan fingerprint density at radius 3 is 2.69 bits per heavy atom. The minimum absolute atomic E-state index is 0.0754. The third kappa shape index (κ3) is 4.74. The van der Waals surface area contributed by atoms with Gasteiger partial charge in [0.15, 0.2) is 0 Å². The van der Waals surface area contributed by atoms with Crippen LogP contribution in [0.1, 0.15) is 16.8 Å². The molecule has 0 aliphatic carbocycles. The predicted octanol–water partition coefficient (Wildman–Crippen LogP) is 0.199. The summed E-state index contributed by atoms with van der Waals surface area (Å²) in [5.41, 5.74) is 0.917. The van der Waals surface area contributed by atoms with Crippen LogP contribution in [0.3, 0.4) is 0 Å². The fourth-order valence-electron chi connectivity index (χ4n) is 2.92. The molecule has 2 N–H and O–H groups in total. The lowest BCUT2D eigenvalue weighted by Crippen LogP contribution is -2.45. The van der Waals surface area contributed by atoms with Crippen LogP contribution in [0.25, 0.3) is 11.3 Å². The number of rotatable bonds is 6. The van der Waals surface area contributed by atoms with Crippen molar-refractivity contribution in [3.05, 3.63) is 46.5 Å². The van der Waals surface area contributed by atoms with Crippen LogP contribution in [-0.2, 0) is 0 Å². The smallest absolute Gasteiger partial charge is 0.277 e. The summed E-state index contributed by atoms with van der Waals surface area (Å²) >= 11 is 0.